The molecule has 0 aliphatic heterocycles. The zero-order valence-electron chi connectivity index (χ0n) is 7.65. The molecule has 0 aliphatic rings. The molecule has 0 bridgehead atoms. The van der Waals surface area contributed by atoms with E-state index in [2.05, 4.69) is 6.58 Å². The van der Waals surface area contributed by atoms with Gasteiger partial charge in [-0.15, -0.1) is 0 Å². The third-order valence-corrected chi connectivity index (χ3v) is 3.20. The normalized spacial score (nSPS) is 11.6. The van der Waals surface area contributed by atoms with Crippen LogP contribution in [0.25, 0.3) is 0 Å². The fourth-order valence-corrected chi connectivity index (χ4v) is 1.86. The van der Waals surface area contributed by atoms with Gasteiger partial charge < -0.3 is 5.11 Å². The van der Waals surface area contributed by atoms with Crippen molar-refractivity contribution >= 4 is 16.0 Å². The van der Waals surface area contributed by atoms with Crippen molar-refractivity contribution in [2.45, 2.75) is 6.92 Å². The molecule has 1 N–H and O–H groups in total. The van der Waals surface area contributed by atoms with Crippen LogP contribution in [0.1, 0.15) is 6.92 Å². The van der Waals surface area contributed by atoms with Crippen molar-refractivity contribution in [2.75, 3.05) is 19.3 Å². The van der Waals surface area contributed by atoms with Gasteiger partial charge in [-0.25, -0.2) is 8.42 Å². The summed E-state index contributed by atoms with van der Waals surface area (Å²) < 4.78 is 23.4. The Balaban J connectivity index is 4.46. The summed E-state index contributed by atoms with van der Waals surface area (Å²) in [5.41, 5.74) is 0.484. The van der Waals surface area contributed by atoms with Gasteiger partial charge in [0.1, 0.15) is 6.54 Å². The Kier molecular flexibility index (Phi) is 4.09. The van der Waals surface area contributed by atoms with Crippen molar-refractivity contribution in [1.82, 2.24) is 4.31 Å². The minimum atomic E-state index is -3.50. The topological polar surface area (TPSA) is 74.7 Å². The van der Waals surface area contributed by atoms with Crippen LogP contribution in [0.2, 0.25) is 0 Å². The summed E-state index contributed by atoms with van der Waals surface area (Å²) >= 11 is 0. The molecule has 0 aromatic rings. The van der Waals surface area contributed by atoms with Crippen LogP contribution < -0.4 is 0 Å². The third kappa shape index (κ3) is 4.64. The van der Waals surface area contributed by atoms with Gasteiger partial charge in [0, 0.05) is 7.05 Å². The van der Waals surface area contributed by atoms with E-state index in [1.54, 1.807) is 6.92 Å². The molecule has 0 unspecified atom stereocenters. The lowest BCUT2D eigenvalue weighted by molar-refractivity contribution is -0.137. The highest BCUT2D eigenvalue weighted by molar-refractivity contribution is 7.89. The molecule has 76 valence electrons. The van der Waals surface area contributed by atoms with E-state index in [-0.39, 0.29) is 5.75 Å². The van der Waals surface area contributed by atoms with Crippen LogP contribution in [0.3, 0.4) is 0 Å². The molecule has 5 nitrogen and oxygen atoms in total. The van der Waals surface area contributed by atoms with Crippen molar-refractivity contribution in [3.63, 3.8) is 0 Å². The van der Waals surface area contributed by atoms with Crippen LogP contribution in [0, 0.1) is 0 Å². The average Bonchev–Trinajstić information content (AvgIpc) is 1.81. The number of sulfonamides is 1. The van der Waals surface area contributed by atoms with E-state index in [9.17, 15) is 13.2 Å². The largest absolute Gasteiger partial charge is 0.480 e. The Morgan fingerprint density at radius 3 is 2.31 bits per heavy atom. The standard InChI is InChI=1S/C7H13NO4S/c1-6(2)5-13(11,12)8(3)4-7(9)10/h1,4-5H2,2-3H3,(H,9,10). The highest BCUT2D eigenvalue weighted by Crippen LogP contribution is 2.02. The molecule has 0 radical (unpaired) electrons. The van der Waals surface area contributed by atoms with Gasteiger partial charge >= 0.3 is 5.97 Å². The van der Waals surface area contributed by atoms with E-state index in [0.29, 0.717) is 5.57 Å². The van der Waals surface area contributed by atoms with Gasteiger partial charge in [-0.05, 0) is 6.92 Å². The van der Waals surface area contributed by atoms with Crippen molar-refractivity contribution < 1.29 is 18.3 Å². The van der Waals surface area contributed by atoms with Gasteiger partial charge in [0.25, 0.3) is 0 Å². The summed E-state index contributed by atoms with van der Waals surface area (Å²) in [4.78, 5) is 10.2. The number of carboxylic acid groups (broad SMARTS) is 1. The molecule has 0 saturated heterocycles. The fourth-order valence-electron chi connectivity index (χ4n) is 0.710. The number of hydrogen-bond acceptors (Lipinski definition) is 3. The van der Waals surface area contributed by atoms with Gasteiger partial charge in [-0.2, -0.15) is 4.31 Å². The van der Waals surface area contributed by atoms with Crippen LogP contribution in [0.4, 0.5) is 0 Å². The minimum absolute atomic E-state index is 0.212. The molecule has 0 fully saturated rings. The van der Waals surface area contributed by atoms with E-state index in [4.69, 9.17) is 5.11 Å². The Morgan fingerprint density at radius 2 is 2.00 bits per heavy atom. The number of aliphatic carboxylic acids is 1. The van der Waals surface area contributed by atoms with Crippen LogP contribution >= 0.6 is 0 Å². The number of carbonyl (C=O) groups is 1. The van der Waals surface area contributed by atoms with Crippen LogP contribution in [-0.4, -0.2) is 43.1 Å². The van der Waals surface area contributed by atoms with Crippen molar-refractivity contribution in [1.29, 1.82) is 0 Å². The number of nitrogens with zero attached hydrogens (tertiary/aromatic N) is 1. The predicted molar refractivity (Wildman–Crippen MR) is 48.9 cm³/mol. The number of likely N-dealkylation sites (N-methyl/N-ethyl adjacent to an activating group) is 1. The molecule has 0 aromatic heterocycles. The summed E-state index contributed by atoms with van der Waals surface area (Å²) in [7, 11) is -2.27. The van der Waals surface area contributed by atoms with Gasteiger partial charge in [0.15, 0.2) is 0 Å². The molecular weight excluding hydrogens is 194 g/mol. The summed E-state index contributed by atoms with van der Waals surface area (Å²) in [6.45, 7) is 4.51. The first-order valence-corrected chi connectivity index (χ1v) is 5.17. The molecule has 13 heavy (non-hydrogen) atoms. The quantitative estimate of drug-likeness (QED) is 0.639. The van der Waals surface area contributed by atoms with Crippen molar-refractivity contribution in [3.8, 4) is 0 Å². The Morgan fingerprint density at radius 1 is 1.54 bits per heavy atom. The highest BCUT2D eigenvalue weighted by atomic mass is 32.2. The molecule has 0 atom stereocenters. The second-order valence-electron chi connectivity index (χ2n) is 2.86. The molecule has 0 rings (SSSR count). The molecular formula is C7H13NO4S. The summed E-state index contributed by atoms with van der Waals surface area (Å²) in [5, 5.41) is 8.35. The zero-order chi connectivity index (χ0) is 10.6. The smallest absolute Gasteiger partial charge is 0.318 e. The lowest BCUT2D eigenvalue weighted by atomic mass is 10.4. The predicted octanol–water partition coefficient (Wildman–Crippen LogP) is -0.0913. The molecule has 6 heteroatoms. The second-order valence-corrected chi connectivity index (χ2v) is 4.94. The first-order valence-electron chi connectivity index (χ1n) is 3.56. The van der Waals surface area contributed by atoms with E-state index in [0.717, 1.165) is 4.31 Å². The lowest BCUT2D eigenvalue weighted by Gasteiger charge is -2.14. The Labute approximate surface area is 77.7 Å². The molecule has 0 aliphatic carbocycles. The zero-order valence-corrected chi connectivity index (χ0v) is 8.47. The van der Waals surface area contributed by atoms with E-state index in [1.807, 2.05) is 0 Å². The van der Waals surface area contributed by atoms with Crippen molar-refractivity contribution in [2.24, 2.45) is 0 Å². The molecule has 0 saturated carbocycles. The molecule has 0 amide bonds. The third-order valence-electron chi connectivity index (χ3n) is 1.26. The van der Waals surface area contributed by atoms with Gasteiger partial charge in [-0.1, -0.05) is 12.2 Å². The monoisotopic (exact) mass is 207 g/mol. The van der Waals surface area contributed by atoms with E-state index >= 15 is 0 Å². The summed E-state index contributed by atoms with van der Waals surface area (Å²) in [6.07, 6.45) is 0. The number of rotatable bonds is 5. The molecule has 0 spiro atoms. The minimum Gasteiger partial charge on any atom is -0.480 e. The van der Waals surface area contributed by atoms with E-state index in [1.165, 1.54) is 7.05 Å². The highest BCUT2D eigenvalue weighted by Gasteiger charge is 2.19. The van der Waals surface area contributed by atoms with Crippen LogP contribution in [0.5, 0.6) is 0 Å². The Bertz CT molecular complexity index is 306. The molecule has 0 heterocycles. The maximum Gasteiger partial charge on any atom is 0.318 e. The van der Waals surface area contributed by atoms with Crippen LogP contribution in [0.15, 0.2) is 12.2 Å². The molecule has 0 aromatic carbocycles. The second kappa shape index (κ2) is 4.38. The maximum atomic E-state index is 11.3. The van der Waals surface area contributed by atoms with Gasteiger partial charge in [0.05, 0.1) is 5.75 Å². The number of hydrogen-bond donors (Lipinski definition) is 1. The summed E-state index contributed by atoms with van der Waals surface area (Å²) in [5.74, 6) is -1.38. The van der Waals surface area contributed by atoms with Crippen molar-refractivity contribution in [3.05, 3.63) is 12.2 Å². The van der Waals surface area contributed by atoms with Gasteiger partial charge in [-0.3, -0.25) is 4.79 Å². The Hall–Kier alpha value is -0.880. The summed E-state index contributed by atoms with van der Waals surface area (Å²) in [6, 6.07) is 0. The van der Waals surface area contributed by atoms with Crippen LogP contribution in [-0.2, 0) is 14.8 Å². The first kappa shape index (κ1) is 12.1. The first-order chi connectivity index (χ1) is 5.75. The van der Waals surface area contributed by atoms with E-state index < -0.39 is 22.5 Å². The SMILES string of the molecule is C=C(C)CS(=O)(=O)N(C)CC(=O)O. The fraction of sp³-hybridized carbons (Fsp3) is 0.571. The number of carboxylic acids is 1. The average molecular weight is 207 g/mol. The van der Waals surface area contributed by atoms with Gasteiger partial charge in [0.2, 0.25) is 10.0 Å². The maximum absolute atomic E-state index is 11.3. The lowest BCUT2D eigenvalue weighted by Crippen LogP contribution is -2.33.